The topological polar surface area (TPSA) is 16.4 Å². The molecule has 0 amide bonds. The summed E-state index contributed by atoms with van der Waals surface area (Å²) >= 11 is 0. The largest absolute Gasteiger partial charge is 0.454 e. The predicted molar refractivity (Wildman–Crippen MR) is 207 cm³/mol. The van der Waals surface area contributed by atoms with E-state index in [1.807, 2.05) is 0 Å². The highest BCUT2D eigenvalue weighted by atomic mass is 16.3. The molecule has 7 aromatic carbocycles. The van der Waals surface area contributed by atoms with E-state index in [1.54, 1.807) is 0 Å². The molecule has 0 atom stereocenters. The fraction of sp³-hybridized carbons (Fsp3) is 0.191. The first-order valence-corrected chi connectivity index (χ1v) is 18.0. The third-order valence-electron chi connectivity index (χ3n) is 11.6. The van der Waals surface area contributed by atoms with Gasteiger partial charge < -0.3 is 9.32 Å². The summed E-state index contributed by atoms with van der Waals surface area (Å²) in [6.07, 6.45) is 6.45. The molecule has 0 radical (unpaired) electrons. The maximum absolute atomic E-state index is 6.99. The molecule has 49 heavy (non-hydrogen) atoms. The molecule has 0 N–H and O–H groups in total. The zero-order chi connectivity index (χ0) is 32.7. The van der Waals surface area contributed by atoms with Crippen molar-refractivity contribution in [1.29, 1.82) is 0 Å². The minimum Gasteiger partial charge on any atom is -0.454 e. The molecule has 0 spiro atoms. The summed E-state index contributed by atoms with van der Waals surface area (Å²) in [5.41, 5.74) is 12.1. The van der Waals surface area contributed by atoms with Crippen LogP contribution in [0.1, 0.15) is 68.6 Å². The van der Waals surface area contributed by atoms with Gasteiger partial charge in [-0.1, -0.05) is 124 Å². The maximum atomic E-state index is 6.99. The SMILES string of the molecule is CC1(C)c2cc3ccccc3cc2-c2ccc3cc(N(c4ccccc4)c4cccc5c4oc4c(C6CCCCC6)cccc45)ccc3c21. The van der Waals surface area contributed by atoms with Gasteiger partial charge in [-0.15, -0.1) is 0 Å². The first kappa shape index (κ1) is 28.7. The van der Waals surface area contributed by atoms with E-state index < -0.39 is 0 Å². The number of hydrogen-bond donors (Lipinski definition) is 0. The van der Waals surface area contributed by atoms with E-state index in [1.165, 1.54) is 92.2 Å². The minimum absolute atomic E-state index is 0.106. The van der Waals surface area contributed by atoms with Gasteiger partial charge in [-0.05, 0) is 111 Å². The van der Waals surface area contributed by atoms with Crippen LogP contribution in [0.25, 0.3) is 54.6 Å². The average Bonchev–Trinajstić information content (AvgIpc) is 3.64. The molecule has 238 valence electrons. The Bertz CT molecular complexity index is 2570. The number of rotatable bonds is 4. The van der Waals surface area contributed by atoms with E-state index in [0.717, 1.165) is 28.2 Å². The summed E-state index contributed by atoms with van der Waals surface area (Å²) in [6, 6.07) is 49.4. The van der Waals surface area contributed by atoms with Gasteiger partial charge in [0.1, 0.15) is 5.58 Å². The van der Waals surface area contributed by atoms with E-state index in [0.29, 0.717) is 5.92 Å². The van der Waals surface area contributed by atoms with Crippen molar-refractivity contribution in [2.45, 2.75) is 57.3 Å². The van der Waals surface area contributed by atoms with Gasteiger partial charge in [-0.2, -0.15) is 0 Å². The zero-order valence-electron chi connectivity index (χ0n) is 28.2. The van der Waals surface area contributed by atoms with Gasteiger partial charge in [-0.3, -0.25) is 0 Å². The normalized spacial score (nSPS) is 15.6. The van der Waals surface area contributed by atoms with E-state index in [-0.39, 0.29) is 5.41 Å². The molecule has 1 aromatic heterocycles. The third-order valence-corrected chi connectivity index (χ3v) is 11.6. The number of nitrogens with zero attached hydrogens (tertiary/aromatic N) is 1. The lowest BCUT2D eigenvalue weighted by Crippen LogP contribution is -2.15. The van der Waals surface area contributed by atoms with Gasteiger partial charge in [0, 0.05) is 27.6 Å². The second kappa shape index (κ2) is 10.8. The highest BCUT2D eigenvalue weighted by Gasteiger charge is 2.37. The van der Waals surface area contributed by atoms with Crippen molar-refractivity contribution in [1.82, 2.24) is 0 Å². The minimum atomic E-state index is -0.106. The molecule has 0 unspecified atom stereocenters. The highest BCUT2D eigenvalue weighted by Crippen LogP contribution is 2.53. The quantitative estimate of drug-likeness (QED) is 0.192. The Morgan fingerprint density at radius 1 is 0.551 bits per heavy atom. The fourth-order valence-electron chi connectivity index (χ4n) is 9.21. The van der Waals surface area contributed by atoms with Crippen molar-refractivity contribution in [3.05, 3.63) is 150 Å². The lowest BCUT2D eigenvalue weighted by Gasteiger charge is -2.27. The molecular formula is C47H39NO. The standard InChI is InChI=1S/C47H39NO/c1-47(2)42-29-32-16-10-9-15-31(32)28-41(42)38-25-23-33-27-35(24-26-36(33)44(38)47)48(34-17-7-4-8-18-34)43-22-12-21-40-39-20-11-19-37(45(39)49-46(40)43)30-13-5-3-6-14-30/h4,7-12,15-30H,3,5-6,13-14H2,1-2H3. The van der Waals surface area contributed by atoms with Crippen LogP contribution in [0.5, 0.6) is 0 Å². The second-order valence-electron chi connectivity index (χ2n) is 14.7. The molecule has 2 aliphatic carbocycles. The lowest BCUT2D eigenvalue weighted by atomic mass is 9.80. The monoisotopic (exact) mass is 633 g/mol. The number of furan rings is 1. The summed E-state index contributed by atoms with van der Waals surface area (Å²) in [5.74, 6) is 0.572. The smallest absolute Gasteiger partial charge is 0.159 e. The Balaban J connectivity index is 1.15. The summed E-state index contributed by atoms with van der Waals surface area (Å²) in [6.45, 7) is 4.78. The third kappa shape index (κ3) is 4.33. The first-order chi connectivity index (χ1) is 24.1. The van der Waals surface area contributed by atoms with Crippen molar-refractivity contribution in [2.75, 3.05) is 4.90 Å². The van der Waals surface area contributed by atoms with Crippen LogP contribution in [0.2, 0.25) is 0 Å². The highest BCUT2D eigenvalue weighted by molar-refractivity contribution is 6.11. The van der Waals surface area contributed by atoms with Crippen LogP contribution in [0.3, 0.4) is 0 Å². The molecule has 2 heteroatoms. The van der Waals surface area contributed by atoms with E-state index in [2.05, 4.69) is 152 Å². The molecular weight excluding hydrogens is 595 g/mol. The Morgan fingerprint density at radius 3 is 2.10 bits per heavy atom. The zero-order valence-corrected chi connectivity index (χ0v) is 28.2. The van der Waals surface area contributed by atoms with Gasteiger partial charge in [0.2, 0.25) is 0 Å². The predicted octanol–water partition coefficient (Wildman–Crippen LogP) is 13.7. The summed E-state index contributed by atoms with van der Waals surface area (Å²) in [4.78, 5) is 2.38. The molecule has 8 aromatic rings. The summed E-state index contributed by atoms with van der Waals surface area (Å²) in [5, 5.41) is 7.56. The van der Waals surface area contributed by atoms with Gasteiger partial charge in [0.15, 0.2) is 5.58 Å². The van der Waals surface area contributed by atoms with Crippen LogP contribution in [-0.2, 0) is 5.41 Å². The van der Waals surface area contributed by atoms with Crippen molar-refractivity contribution >= 4 is 60.5 Å². The van der Waals surface area contributed by atoms with E-state index in [4.69, 9.17) is 4.42 Å². The molecule has 1 fully saturated rings. The Labute approximate surface area is 287 Å². The van der Waals surface area contributed by atoms with Crippen LogP contribution in [0.4, 0.5) is 17.1 Å². The Hall–Kier alpha value is -5.34. The van der Waals surface area contributed by atoms with E-state index in [9.17, 15) is 0 Å². The average molecular weight is 634 g/mol. The first-order valence-electron chi connectivity index (χ1n) is 18.0. The number of fused-ring (bicyclic) bond motifs is 9. The molecule has 2 nitrogen and oxygen atoms in total. The van der Waals surface area contributed by atoms with Gasteiger partial charge >= 0.3 is 0 Å². The molecule has 10 rings (SSSR count). The number of para-hydroxylation sites is 3. The summed E-state index contributed by atoms with van der Waals surface area (Å²) in [7, 11) is 0. The number of hydrogen-bond acceptors (Lipinski definition) is 2. The van der Waals surface area contributed by atoms with Gasteiger partial charge in [0.05, 0.1) is 5.69 Å². The molecule has 0 aliphatic heterocycles. The maximum Gasteiger partial charge on any atom is 0.159 e. The van der Waals surface area contributed by atoms with Crippen LogP contribution in [0, 0.1) is 0 Å². The molecule has 0 bridgehead atoms. The molecule has 2 aliphatic rings. The summed E-state index contributed by atoms with van der Waals surface area (Å²) < 4.78 is 6.99. The van der Waals surface area contributed by atoms with Crippen LogP contribution < -0.4 is 4.90 Å². The second-order valence-corrected chi connectivity index (χ2v) is 14.7. The lowest BCUT2D eigenvalue weighted by molar-refractivity contribution is 0.442. The Kier molecular flexibility index (Phi) is 6.34. The van der Waals surface area contributed by atoms with Crippen molar-refractivity contribution in [3.8, 4) is 11.1 Å². The molecule has 1 heterocycles. The number of anilines is 3. The van der Waals surface area contributed by atoms with Crippen molar-refractivity contribution < 1.29 is 4.42 Å². The molecule has 0 saturated heterocycles. The molecule has 1 saturated carbocycles. The van der Waals surface area contributed by atoms with E-state index >= 15 is 0 Å². The van der Waals surface area contributed by atoms with Gasteiger partial charge in [0.25, 0.3) is 0 Å². The van der Waals surface area contributed by atoms with Crippen molar-refractivity contribution in [2.24, 2.45) is 0 Å². The number of benzene rings is 7. The Morgan fingerprint density at radius 2 is 1.29 bits per heavy atom. The van der Waals surface area contributed by atoms with Crippen LogP contribution in [0.15, 0.2) is 138 Å². The van der Waals surface area contributed by atoms with Crippen molar-refractivity contribution in [3.63, 3.8) is 0 Å². The fourth-order valence-corrected chi connectivity index (χ4v) is 9.21. The van der Waals surface area contributed by atoms with Crippen LogP contribution in [-0.4, -0.2) is 0 Å². The van der Waals surface area contributed by atoms with Gasteiger partial charge in [-0.25, -0.2) is 0 Å². The van der Waals surface area contributed by atoms with Crippen LogP contribution >= 0.6 is 0 Å².